The molecular weight excluding hydrogens is 693 g/mol. The van der Waals surface area contributed by atoms with Crippen LogP contribution in [-0.4, -0.2) is 75.2 Å². The van der Waals surface area contributed by atoms with Gasteiger partial charge in [0.05, 0.1) is 13.7 Å². The number of ether oxygens (including phenoxy) is 2. The summed E-state index contributed by atoms with van der Waals surface area (Å²) in [5, 5.41) is 0. The van der Waals surface area contributed by atoms with E-state index in [1.807, 2.05) is 0 Å². The highest BCUT2D eigenvalue weighted by molar-refractivity contribution is 5.69. The molecule has 1 unspecified atom stereocenters. The second-order valence-corrected chi connectivity index (χ2v) is 16.7. The van der Waals surface area contributed by atoms with Crippen molar-refractivity contribution in [3.8, 4) is 0 Å². The van der Waals surface area contributed by atoms with Gasteiger partial charge in [-0.2, -0.15) is 0 Å². The van der Waals surface area contributed by atoms with Crippen LogP contribution < -0.4 is 0 Å². The van der Waals surface area contributed by atoms with Crippen molar-refractivity contribution in [2.24, 2.45) is 5.92 Å². The average molecular weight is 797 g/mol. The van der Waals surface area contributed by atoms with Gasteiger partial charge in [-0.25, -0.2) is 0 Å². The molecule has 338 valence electrons. The Balaban J connectivity index is -0.00000145. The Kier molecular flexibility index (Phi) is 54.8. The molecule has 0 radical (unpaired) electrons. The van der Waals surface area contributed by atoms with E-state index in [-0.39, 0.29) is 11.9 Å². The van der Waals surface area contributed by atoms with Crippen LogP contribution in [0.15, 0.2) is 0 Å². The molecule has 56 heavy (non-hydrogen) atoms. The number of likely N-dealkylation sites (N-methyl/N-ethyl adjacent to an activating group) is 1. The van der Waals surface area contributed by atoms with Crippen LogP contribution in [0.4, 0.5) is 0 Å². The van der Waals surface area contributed by atoms with Gasteiger partial charge >= 0.3 is 11.9 Å². The van der Waals surface area contributed by atoms with Gasteiger partial charge < -0.3 is 19.3 Å². The Morgan fingerprint density at radius 2 is 0.786 bits per heavy atom. The maximum atomic E-state index is 12.5. The topological polar surface area (TPSA) is 59.1 Å². The molecule has 1 atom stereocenters. The highest BCUT2D eigenvalue weighted by Gasteiger charge is 2.13. The van der Waals surface area contributed by atoms with Crippen LogP contribution in [0.25, 0.3) is 0 Å². The molecule has 0 amide bonds. The molecule has 0 N–H and O–H groups in total. The number of carbonyl (C=O) groups excluding carboxylic acids is 2. The van der Waals surface area contributed by atoms with Crippen molar-refractivity contribution in [1.82, 2.24) is 9.80 Å². The minimum atomic E-state index is -0.111. The number of esters is 2. The van der Waals surface area contributed by atoms with Gasteiger partial charge in [0.2, 0.25) is 0 Å². The summed E-state index contributed by atoms with van der Waals surface area (Å²) in [7, 11) is 3.63. The van der Waals surface area contributed by atoms with Gasteiger partial charge in [0.25, 0.3) is 0 Å². The lowest BCUT2D eigenvalue weighted by molar-refractivity contribution is -0.145. The standard InChI is InChI=1S/C34H68N2O4.C10H22.C6H14/c1-6-9-11-13-14-18-24-32(23-17-12-10-7-2)31-40-34(38)26-20-16-22-28-36(30-29-35(4)8-3)27-21-15-19-25-33(37)39-5;1-3-5-7-9-10-8-6-4-2;1-3-5-6-4-2/h32H,6-31H2,1-5H3;3-10H2,1-2H3;3-6H2,1-2H3. The summed E-state index contributed by atoms with van der Waals surface area (Å²) in [6.07, 6.45) is 39.7. The molecule has 0 aliphatic rings. The SMILES string of the molecule is CCCCCC.CCCCCCCCC(CCCCCC)COC(=O)CCCCCN(CCCCCC(=O)OC)CCN(C)CC.CCCCCCCCCC. The van der Waals surface area contributed by atoms with Gasteiger partial charge in [-0.15, -0.1) is 0 Å². The van der Waals surface area contributed by atoms with Crippen molar-refractivity contribution >= 4 is 11.9 Å². The Morgan fingerprint density at radius 1 is 0.429 bits per heavy atom. The molecule has 0 aromatic carbocycles. The van der Waals surface area contributed by atoms with Crippen LogP contribution in [0.2, 0.25) is 0 Å². The lowest BCUT2D eigenvalue weighted by atomic mass is 9.95. The van der Waals surface area contributed by atoms with Crippen LogP contribution in [0.5, 0.6) is 0 Å². The van der Waals surface area contributed by atoms with Crippen molar-refractivity contribution in [3.05, 3.63) is 0 Å². The molecule has 0 rings (SSSR count). The number of hydrogen-bond donors (Lipinski definition) is 0. The van der Waals surface area contributed by atoms with Crippen molar-refractivity contribution in [2.45, 2.75) is 254 Å². The van der Waals surface area contributed by atoms with Gasteiger partial charge in [-0.3, -0.25) is 9.59 Å². The van der Waals surface area contributed by atoms with Crippen LogP contribution in [0, 0.1) is 5.92 Å². The zero-order valence-electron chi connectivity index (χ0n) is 40.0. The van der Waals surface area contributed by atoms with Crippen molar-refractivity contribution in [2.75, 3.05) is 53.5 Å². The molecule has 0 heterocycles. The summed E-state index contributed by atoms with van der Waals surface area (Å²) in [6.45, 7) is 21.7. The number of nitrogens with zero attached hydrogens (tertiary/aromatic N) is 2. The number of unbranched alkanes of at least 4 members (excludes halogenated alkanes) is 22. The Bertz CT molecular complexity index is 737. The summed E-state index contributed by atoms with van der Waals surface area (Å²) < 4.78 is 10.5. The molecule has 0 spiro atoms. The van der Waals surface area contributed by atoms with Crippen LogP contribution in [0.3, 0.4) is 0 Å². The second kappa shape index (κ2) is 51.9. The number of carbonyl (C=O) groups is 2. The van der Waals surface area contributed by atoms with Gasteiger partial charge in [0.15, 0.2) is 0 Å². The molecule has 0 aliphatic carbocycles. The van der Waals surface area contributed by atoms with E-state index in [9.17, 15) is 9.59 Å². The number of methoxy groups -OCH3 is 1. The zero-order valence-corrected chi connectivity index (χ0v) is 40.0. The normalized spacial score (nSPS) is 11.6. The third-order valence-corrected chi connectivity index (χ3v) is 11.1. The predicted molar refractivity (Wildman–Crippen MR) is 248 cm³/mol. The third-order valence-electron chi connectivity index (χ3n) is 11.1. The smallest absolute Gasteiger partial charge is 0.305 e. The summed E-state index contributed by atoms with van der Waals surface area (Å²) in [4.78, 5) is 28.7. The fraction of sp³-hybridized carbons (Fsp3) is 0.960. The van der Waals surface area contributed by atoms with Crippen LogP contribution >= 0.6 is 0 Å². The van der Waals surface area contributed by atoms with Gasteiger partial charge in [-0.1, -0.05) is 203 Å². The number of rotatable bonds is 40. The molecular formula is C50H104N2O4. The molecule has 0 saturated heterocycles. The van der Waals surface area contributed by atoms with E-state index in [2.05, 4.69) is 65.3 Å². The first kappa shape index (κ1) is 59.2. The fourth-order valence-corrected chi connectivity index (χ4v) is 6.84. The first-order valence-electron chi connectivity index (χ1n) is 24.9. The minimum absolute atomic E-state index is 0.00598. The van der Waals surface area contributed by atoms with E-state index < -0.39 is 0 Å². The van der Waals surface area contributed by atoms with Crippen molar-refractivity contribution in [3.63, 3.8) is 0 Å². The lowest BCUT2D eigenvalue weighted by Gasteiger charge is -2.25. The highest BCUT2D eigenvalue weighted by atomic mass is 16.5. The summed E-state index contributed by atoms with van der Waals surface area (Å²) >= 11 is 0. The van der Waals surface area contributed by atoms with Crippen LogP contribution in [-0.2, 0) is 19.1 Å². The second-order valence-electron chi connectivity index (χ2n) is 16.7. The molecule has 0 bridgehead atoms. The summed E-state index contributed by atoms with van der Waals surface area (Å²) in [6, 6.07) is 0. The highest BCUT2D eigenvalue weighted by Crippen LogP contribution is 2.20. The van der Waals surface area contributed by atoms with E-state index in [0.717, 1.165) is 71.2 Å². The van der Waals surface area contributed by atoms with Gasteiger partial charge in [0.1, 0.15) is 0 Å². The Labute approximate surface area is 353 Å². The van der Waals surface area contributed by atoms with Crippen LogP contribution in [0.1, 0.15) is 254 Å². The minimum Gasteiger partial charge on any atom is -0.469 e. The first-order chi connectivity index (χ1) is 27.3. The van der Waals surface area contributed by atoms with Crippen molar-refractivity contribution < 1.29 is 19.1 Å². The molecule has 6 heteroatoms. The third kappa shape index (κ3) is 50.9. The van der Waals surface area contributed by atoms with E-state index in [1.165, 1.54) is 161 Å². The Morgan fingerprint density at radius 3 is 1.20 bits per heavy atom. The lowest BCUT2D eigenvalue weighted by Crippen LogP contribution is -2.34. The molecule has 0 fully saturated rings. The fourth-order valence-electron chi connectivity index (χ4n) is 6.84. The van der Waals surface area contributed by atoms with Gasteiger partial charge in [-0.05, 0) is 71.1 Å². The monoisotopic (exact) mass is 797 g/mol. The first-order valence-corrected chi connectivity index (χ1v) is 24.9. The quantitative estimate of drug-likeness (QED) is 0.0455. The summed E-state index contributed by atoms with van der Waals surface area (Å²) in [5.41, 5.74) is 0. The molecule has 6 nitrogen and oxygen atoms in total. The maximum absolute atomic E-state index is 12.5. The molecule has 0 saturated carbocycles. The molecule has 0 aromatic heterocycles. The van der Waals surface area contributed by atoms with E-state index in [0.29, 0.717) is 25.4 Å². The maximum Gasteiger partial charge on any atom is 0.305 e. The summed E-state index contributed by atoms with van der Waals surface area (Å²) in [5.74, 6) is 0.420. The van der Waals surface area contributed by atoms with E-state index >= 15 is 0 Å². The molecule has 0 aliphatic heterocycles. The van der Waals surface area contributed by atoms with E-state index in [4.69, 9.17) is 9.47 Å². The number of hydrogen-bond acceptors (Lipinski definition) is 6. The van der Waals surface area contributed by atoms with E-state index in [1.54, 1.807) is 0 Å². The molecule has 0 aromatic rings. The Hall–Kier alpha value is -1.14. The largest absolute Gasteiger partial charge is 0.469 e. The average Bonchev–Trinajstić information content (AvgIpc) is 3.21. The van der Waals surface area contributed by atoms with Crippen molar-refractivity contribution in [1.29, 1.82) is 0 Å². The predicted octanol–water partition coefficient (Wildman–Crippen LogP) is 15.1. The van der Waals surface area contributed by atoms with Gasteiger partial charge in [0, 0.05) is 25.9 Å². The zero-order chi connectivity index (χ0) is 42.2.